The van der Waals surface area contributed by atoms with E-state index in [0.717, 1.165) is 10.2 Å². The molecule has 5 heteroatoms. The Morgan fingerprint density at radius 3 is 2.84 bits per heavy atom. The topological polar surface area (TPSA) is 64.4 Å². The summed E-state index contributed by atoms with van der Waals surface area (Å²) in [4.78, 5) is 11.6. The van der Waals surface area contributed by atoms with Gasteiger partial charge in [0.1, 0.15) is 12.4 Å². The molecule has 3 N–H and O–H groups in total. The molecule has 0 aliphatic rings. The van der Waals surface area contributed by atoms with E-state index in [9.17, 15) is 4.79 Å². The van der Waals surface area contributed by atoms with Gasteiger partial charge in [0.15, 0.2) is 0 Å². The van der Waals surface area contributed by atoms with E-state index < -0.39 is 6.04 Å². The van der Waals surface area contributed by atoms with Crippen LogP contribution in [0.5, 0.6) is 5.75 Å². The van der Waals surface area contributed by atoms with Crippen LogP contribution in [0.3, 0.4) is 0 Å². The van der Waals surface area contributed by atoms with Crippen molar-refractivity contribution in [2.24, 2.45) is 11.7 Å². The fraction of sp³-hybridized carbons (Fsp3) is 0.500. The lowest BCUT2D eigenvalue weighted by molar-refractivity contribution is -0.122. The summed E-state index contributed by atoms with van der Waals surface area (Å²) in [5, 5.41) is 2.77. The molecule has 0 unspecified atom stereocenters. The lowest BCUT2D eigenvalue weighted by Crippen LogP contribution is -2.42. The van der Waals surface area contributed by atoms with E-state index in [0.29, 0.717) is 25.5 Å². The minimum Gasteiger partial charge on any atom is -0.492 e. The van der Waals surface area contributed by atoms with Gasteiger partial charge in [-0.1, -0.05) is 35.8 Å². The summed E-state index contributed by atoms with van der Waals surface area (Å²) in [5.41, 5.74) is 5.77. The number of hydrogen-bond acceptors (Lipinski definition) is 3. The van der Waals surface area contributed by atoms with E-state index in [1.54, 1.807) is 0 Å². The minimum absolute atomic E-state index is 0.119. The molecular formula is C14H21BrN2O2. The summed E-state index contributed by atoms with van der Waals surface area (Å²) >= 11 is 3.37. The molecule has 0 fully saturated rings. The van der Waals surface area contributed by atoms with Crippen molar-refractivity contribution in [3.63, 3.8) is 0 Å². The number of rotatable bonds is 7. The first-order chi connectivity index (χ1) is 8.99. The van der Waals surface area contributed by atoms with Gasteiger partial charge in [-0.15, -0.1) is 0 Å². The Morgan fingerprint density at radius 1 is 1.47 bits per heavy atom. The average Bonchev–Trinajstić information content (AvgIpc) is 2.33. The highest BCUT2D eigenvalue weighted by molar-refractivity contribution is 9.10. The van der Waals surface area contributed by atoms with Crippen LogP contribution in [0.2, 0.25) is 0 Å². The maximum Gasteiger partial charge on any atom is 0.237 e. The van der Waals surface area contributed by atoms with Gasteiger partial charge in [-0.3, -0.25) is 4.79 Å². The average molecular weight is 329 g/mol. The second kappa shape index (κ2) is 8.17. The molecule has 0 aliphatic heterocycles. The van der Waals surface area contributed by atoms with Crippen LogP contribution >= 0.6 is 15.9 Å². The normalized spacial score (nSPS) is 12.3. The molecule has 19 heavy (non-hydrogen) atoms. The maximum absolute atomic E-state index is 11.6. The Balaban J connectivity index is 2.22. The van der Waals surface area contributed by atoms with Crippen molar-refractivity contribution in [1.82, 2.24) is 5.32 Å². The SMILES string of the molecule is CC(C)C[C@H](N)C(=O)NCCOc1cccc(Br)c1. The summed E-state index contributed by atoms with van der Waals surface area (Å²) in [6, 6.07) is 7.14. The Labute approximate surface area is 122 Å². The zero-order valence-corrected chi connectivity index (χ0v) is 12.9. The number of carbonyl (C=O) groups is 1. The van der Waals surface area contributed by atoms with Crippen molar-refractivity contribution in [2.75, 3.05) is 13.2 Å². The third kappa shape index (κ3) is 6.59. The Bertz CT molecular complexity index is 410. The number of ether oxygens (including phenoxy) is 1. The van der Waals surface area contributed by atoms with E-state index in [1.807, 2.05) is 38.1 Å². The molecule has 0 aliphatic carbocycles. The van der Waals surface area contributed by atoms with E-state index in [-0.39, 0.29) is 5.91 Å². The van der Waals surface area contributed by atoms with Crippen LogP contribution in [0.15, 0.2) is 28.7 Å². The third-order valence-electron chi connectivity index (χ3n) is 2.53. The molecule has 0 bridgehead atoms. The molecule has 1 atom stereocenters. The molecule has 1 amide bonds. The Morgan fingerprint density at radius 2 is 2.21 bits per heavy atom. The molecule has 0 spiro atoms. The van der Waals surface area contributed by atoms with Gasteiger partial charge in [-0.25, -0.2) is 0 Å². The second-order valence-electron chi connectivity index (χ2n) is 4.83. The van der Waals surface area contributed by atoms with Gasteiger partial charge in [0.05, 0.1) is 12.6 Å². The van der Waals surface area contributed by atoms with E-state index >= 15 is 0 Å². The fourth-order valence-corrected chi connectivity index (χ4v) is 2.02. The van der Waals surface area contributed by atoms with Gasteiger partial charge in [0.25, 0.3) is 0 Å². The highest BCUT2D eigenvalue weighted by atomic mass is 79.9. The van der Waals surface area contributed by atoms with E-state index in [2.05, 4.69) is 21.2 Å². The van der Waals surface area contributed by atoms with Crippen molar-refractivity contribution >= 4 is 21.8 Å². The lowest BCUT2D eigenvalue weighted by atomic mass is 10.0. The Hall–Kier alpha value is -1.07. The van der Waals surface area contributed by atoms with E-state index in [4.69, 9.17) is 10.5 Å². The van der Waals surface area contributed by atoms with Crippen LogP contribution in [0, 0.1) is 5.92 Å². The first-order valence-corrected chi connectivity index (χ1v) is 7.20. The molecule has 0 saturated carbocycles. The number of carbonyl (C=O) groups excluding carboxylic acids is 1. The monoisotopic (exact) mass is 328 g/mol. The van der Waals surface area contributed by atoms with Crippen molar-refractivity contribution < 1.29 is 9.53 Å². The lowest BCUT2D eigenvalue weighted by Gasteiger charge is -2.14. The number of hydrogen-bond donors (Lipinski definition) is 2. The van der Waals surface area contributed by atoms with Crippen LogP contribution in [0.25, 0.3) is 0 Å². The van der Waals surface area contributed by atoms with Crippen molar-refractivity contribution in [3.05, 3.63) is 28.7 Å². The Kier molecular flexibility index (Phi) is 6.87. The van der Waals surface area contributed by atoms with Crippen LogP contribution in [-0.2, 0) is 4.79 Å². The molecule has 106 valence electrons. The summed E-state index contributed by atoms with van der Waals surface area (Å²) in [6.45, 7) is 4.97. The second-order valence-corrected chi connectivity index (χ2v) is 5.75. The molecule has 1 aromatic carbocycles. The van der Waals surface area contributed by atoms with Crippen molar-refractivity contribution in [3.8, 4) is 5.75 Å². The summed E-state index contributed by atoms with van der Waals surface area (Å²) in [7, 11) is 0. The molecule has 1 rings (SSSR count). The van der Waals surface area contributed by atoms with Gasteiger partial charge in [0.2, 0.25) is 5.91 Å². The molecule has 0 radical (unpaired) electrons. The van der Waals surface area contributed by atoms with Gasteiger partial charge < -0.3 is 15.8 Å². The number of benzene rings is 1. The standard InChI is InChI=1S/C14H21BrN2O2/c1-10(2)8-13(16)14(18)17-6-7-19-12-5-3-4-11(15)9-12/h3-5,9-10,13H,6-8,16H2,1-2H3,(H,17,18)/t13-/m0/s1. The van der Waals surface area contributed by atoms with Gasteiger partial charge in [-0.2, -0.15) is 0 Å². The van der Waals surface area contributed by atoms with Crippen LogP contribution in [0.4, 0.5) is 0 Å². The first kappa shape index (κ1) is 16.0. The smallest absolute Gasteiger partial charge is 0.237 e. The van der Waals surface area contributed by atoms with Crippen LogP contribution < -0.4 is 15.8 Å². The molecule has 4 nitrogen and oxygen atoms in total. The molecule has 0 aromatic heterocycles. The molecule has 0 heterocycles. The van der Waals surface area contributed by atoms with Crippen molar-refractivity contribution in [2.45, 2.75) is 26.3 Å². The number of halogens is 1. The minimum atomic E-state index is -0.439. The van der Waals surface area contributed by atoms with Gasteiger partial charge in [0, 0.05) is 4.47 Å². The largest absolute Gasteiger partial charge is 0.492 e. The first-order valence-electron chi connectivity index (χ1n) is 6.40. The van der Waals surface area contributed by atoms with Gasteiger partial charge >= 0.3 is 0 Å². The molecule has 0 saturated heterocycles. The van der Waals surface area contributed by atoms with Crippen LogP contribution in [-0.4, -0.2) is 25.1 Å². The highest BCUT2D eigenvalue weighted by Crippen LogP contribution is 2.17. The number of nitrogens with two attached hydrogens (primary N) is 1. The summed E-state index contributed by atoms with van der Waals surface area (Å²) in [5.74, 6) is 1.07. The molecular weight excluding hydrogens is 308 g/mol. The van der Waals surface area contributed by atoms with Crippen LogP contribution in [0.1, 0.15) is 20.3 Å². The number of amides is 1. The maximum atomic E-state index is 11.6. The third-order valence-corrected chi connectivity index (χ3v) is 3.02. The fourth-order valence-electron chi connectivity index (χ4n) is 1.65. The summed E-state index contributed by atoms with van der Waals surface area (Å²) < 4.78 is 6.48. The van der Waals surface area contributed by atoms with Crippen molar-refractivity contribution in [1.29, 1.82) is 0 Å². The highest BCUT2D eigenvalue weighted by Gasteiger charge is 2.13. The van der Waals surface area contributed by atoms with Gasteiger partial charge in [-0.05, 0) is 30.5 Å². The molecule has 1 aromatic rings. The number of nitrogens with one attached hydrogen (secondary N) is 1. The zero-order valence-electron chi connectivity index (χ0n) is 11.4. The zero-order chi connectivity index (χ0) is 14.3. The van der Waals surface area contributed by atoms with E-state index in [1.165, 1.54) is 0 Å². The summed E-state index contributed by atoms with van der Waals surface area (Å²) in [6.07, 6.45) is 0.693. The predicted molar refractivity (Wildman–Crippen MR) is 80.1 cm³/mol. The quantitative estimate of drug-likeness (QED) is 0.755. The predicted octanol–water partition coefficient (Wildman–Crippen LogP) is 2.32.